The molecule has 0 aromatic heterocycles. The van der Waals surface area contributed by atoms with Crippen molar-refractivity contribution >= 4 is 12.0 Å². The number of hydrogen-bond acceptors (Lipinski definition) is 2. The number of hydrogen-bond donors (Lipinski definition) is 3. The largest absolute Gasteiger partial charge is 0.465 e. The van der Waals surface area contributed by atoms with Crippen LogP contribution in [-0.2, 0) is 6.42 Å². The van der Waals surface area contributed by atoms with E-state index in [1.54, 1.807) is 12.1 Å². The zero-order valence-corrected chi connectivity index (χ0v) is 10.4. The van der Waals surface area contributed by atoms with E-state index in [1.165, 1.54) is 5.56 Å². The van der Waals surface area contributed by atoms with Crippen LogP contribution in [-0.4, -0.2) is 30.2 Å². The van der Waals surface area contributed by atoms with E-state index in [9.17, 15) is 9.59 Å². The molecule has 1 rings (SSSR count). The summed E-state index contributed by atoms with van der Waals surface area (Å²) in [5.74, 6) is -0.132. The summed E-state index contributed by atoms with van der Waals surface area (Å²) in [5, 5.41) is 13.3. The molecule has 0 radical (unpaired) electrons. The summed E-state index contributed by atoms with van der Waals surface area (Å²) in [7, 11) is 0. The number of carboxylic acid groups (broad SMARTS) is 1. The molecule has 98 valence electrons. The Balaban J connectivity index is 2.29. The fourth-order valence-corrected chi connectivity index (χ4v) is 1.48. The predicted molar refractivity (Wildman–Crippen MR) is 68.8 cm³/mol. The van der Waals surface area contributed by atoms with Crippen molar-refractivity contribution in [1.29, 1.82) is 0 Å². The van der Waals surface area contributed by atoms with Gasteiger partial charge in [0.05, 0.1) is 0 Å². The molecule has 3 N–H and O–H groups in total. The van der Waals surface area contributed by atoms with Crippen LogP contribution in [0, 0.1) is 0 Å². The maximum absolute atomic E-state index is 11.7. The van der Waals surface area contributed by atoms with Crippen molar-refractivity contribution in [3.8, 4) is 0 Å². The fraction of sp³-hybridized carbons (Fsp3) is 0.385. The lowest BCUT2D eigenvalue weighted by Crippen LogP contribution is -2.29. The van der Waals surface area contributed by atoms with Crippen LogP contribution in [0.5, 0.6) is 0 Å². The van der Waals surface area contributed by atoms with Crippen LogP contribution >= 0.6 is 0 Å². The number of carbonyl (C=O) groups excluding carboxylic acids is 1. The number of rotatable bonds is 6. The molecule has 0 saturated heterocycles. The number of aryl methyl sites for hydroxylation is 1. The number of nitrogens with one attached hydrogen (secondary N) is 2. The molecule has 1 aromatic rings. The molecule has 0 fully saturated rings. The Morgan fingerprint density at radius 2 is 1.72 bits per heavy atom. The van der Waals surface area contributed by atoms with Gasteiger partial charge in [-0.2, -0.15) is 0 Å². The van der Waals surface area contributed by atoms with Gasteiger partial charge in [0.2, 0.25) is 0 Å². The maximum atomic E-state index is 11.7. The van der Waals surface area contributed by atoms with Gasteiger partial charge < -0.3 is 15.7 Å². The fourth-order valence-electron chi connectivity index (χ4n) is 1.48. The molecule has 0 heterocycles. The Hall–Kier alpha value is -2.04. The molecular formula is C13H18N2O3. The highest BCUT2D eigenvalue weighted by Crippen LogP contribution is 2.04. The topological polar surface area (TPSA) is 78.4 Å². The van der Waals surface area contributed by atoms with Gasteiger partial charge in [-0.25, -0.2) is 4.79 Å². The monoisotopic (exact) mass is 250 g/mol. The second-order valence-electron chi connectivity index (χ2n) is 3.89. The molecular weight excluding hydrogens is 232 g/mol. The van der Waals surface area contributed by atoms with Crippen LogP contribution in [0.4, 0.5) is 4.79 Å². The normalized spacial score (nSPS) is 9.83. The van der Waals surface area contributed by atoms with Crippen LogP contribution in [0.3, 0.4) is 0 Å². The average molecular weight is 250 g/mol. The van der Waals surface area contributed by atoms with Gasteiger partial charge in [0.15, 0.2) is 0 Å². The smallest absolute Gasteiger partial charge is 0.404 e. The van der Waals surface area contributed by atoms with Crippen LogP contribution < -0.4 is 10.6 Å². The quantitative estimate of drug-likeness (QED) is 0.671. The van der Waals surface area contributed by atoms with E-state index < -0.39 is 6.09 Å². The van der Waals surface area contributed by atoms with Gasteiger partial charge in [-0.1, -0.05) is 19.1 Å². The second-order valence-corrected chi connectivity index (χ2v) is 3.89. The molecule has 0 atom stereocenters. The molecule has 0 aliphatic heterocycles. The lowest BCUT2D eigenvalue weighted by atomic mass is 10.1. The average Bonchev–Trinajstić information content (AvgIpc) is 2.38. The summed E-state index contributed by atoms with van der Waals surface area (Å²) < 4.78 is 0. The lowest BCUT2D eigenvalue weighted by Gasteiger charge is -2.06. The molecule has 2 amide bonds. The third-order valence-electron chi connectivity index (χ3n) is 2.54. The van der Waals surface area contributed by atoms with Crippen LogP contribution in [0.1, 0.15) is 29.3 Å². The van der Waals surface area contributed by atoms with Crippen molar-refractivity contribution in [1.82, 2.24) is 10.6 Å². The van der Waals surface area contributed by atoms with E-state index in [4.69, 9.17) is 5.11 Å². The van der Waals surface area contributed by atoms with Crippen molar-refractivity contribution in [2.75, 3.05) is 13.1 Å². The first-order chi connectivity index (χ1) is 8.63. The van der Waals surface area contributed by atoms with Crippen molar-refractivity contribution in [2.24, 2.45) is 0 Å². The minimum atomic E-state index is -1.04. The lowest BCUT2D eigenvalue weighted by molar-refractivity contribution is 0.0953. The third kappa shape index (κ3) is 4.86. The Morgan fingerprint density at radius 3 is 2.28 bits per heavy atom. The van der Waals surface area contributed by atoms with E-state index in [1.807, 2.05) is 12.1 Å². The molecule has 5 nitrogen and oxygen atoms in total. The van der Waals surface area contributed by atoms with Crippen LogP contribution in [0.15, 0.2) is 24.3 Å². The summed E-state index contributed by atoms with van der Waals surface area (Å²) >= 11 is 0. The Kier molecular flexibility index (Phi) is 5.70. The van der Waals surface area contributed by atoms with Crippen molar-refractivity contribution in [2.45, 2.75) is 19.8 Å². The molecule has 1 aromatic carbocycles. The van der Waals surface area contributed by atoms with Crippen LogP contribution in [0.2, 0.25) is 0 Å². The number of amides is 2. The van der Waals surface area contributed by atoms with Gasteiger partial charge in [-0.05, 0) is 30.5 Å². The molecule has 0 spiro atoms. The SMILES string of the molecule is CCc1ccc(C(=O)NCCCNC(=O)O)cc1. The summed E-state index contributed by atoms with van der Waals surface area (Å²) in [6, 6.07) is 7.45. The van der Waals surface area contributed by atoms with Crippen LogP contribution in [0.25, 0.3) is 0 Å². The summed E-state index contributed by atoms with van der Waals surface area (Å²) in [4.78, 5) is 21.9. The van der Waals surface area contributed by atoms with Crippen molar-refractivity contribution in [3.05, 3.63) is 35.4 Å². The maximum Gasteiger partial charge on any atom is 0.404 e. The molecule has 0 bridgehead atoms. The van der Waals surface area contributed by atoms with E-state index in [0.29, 0.717) is 25.1 Å². The zero-order valence-electron chi connectivity index (χ0n) is 10.4. The molecule has 0 saturated carbocycles. The summed E-state index contributed by atoms with van der Waals surface area (Å²) in [6.45, 7) is 2.85. The minimum Gasteiger partial charge on any atom is -0.465 e. The standard InChI is InChI=1S/C13H18N2O3/c1-2-10-4-6-11(7-5-10)12(16)14-8-3-9-15-13(17)18/h4-7,15H,2-3,8-9H2,1H3,(H,14,16)(H,17,18). The van der Waals surface area contributed by atoms with Gasteiger partial charge in [0.1, 0.15) is 0 Å². The molecule has 0 aliphatic rings. The molecule has 5 heteroatoms. The Morgan fingerprint density at radius 1 is 1.11 bits per heavy atom. The van der Waals surface area contributed by atoms with Gasteiger partial charge in [0.25, 0.3) is 5.91 Å². The first-order valence-electron chi connectivity index (χ1n) is 5.97. The molecule has 0 aliphatic carbocycles. The Labute approximate surface area is 106 Å². The molecule has 18 heavy (non-hydrogen) atoms. The minimum absolute atomic E-state index is 0.132. The van der Waals surface area contributed by atoms with E-state index in [0.717, 1.165) is 6.42 Å². The highest BCUT2D eigenvalue weighted by molar-refractivity contribution is 5.94. The number of benzene rings is 1. The molecule has 0 unspecified atom stereocenters. The second kappa shape index (κ2) is 7.32. The highest BCUT2D eigenvalue weighted by atomic mass is 16.4. The van der Waals surface area contributed by atoms with Gasteiger partial charge >= 0.3 is 6.09 Å². The first kappa shape index (κ1) is 14.0. The van der Waals surface area contributed by atoms with Gasteiger partial charge in [-0.15, -0.1) is 0 Å². The summed E-state index contributed by atoms with van der Waals surface area (Å²) in [6.07, 6.45) is 0.477. The summed E-state index contributed by atoms with van der Waals surface area (Å²) in [5.41, 5.74) is 1.82. The van der Waals surface area contributed by atoms with Crippen molar-refractivity contribution in [3.63, 3.8) is 0 Å². The zero-order chi connectivity index (χ0) is 13.4. The first-order valence-corrected chi connectivity index (χ1v) is 5.97. The number of carbonyl (C=O) groups is 2. The van der Waals surface area contributed by atoms with E-state index >= 15 is 0 Å². The van der Waals surface area contributed by atoms with E-state index in [2.05, 4.69) is 17.6 Å². The predicted octanol–water partition coefficient (Wildman–Crippen LogP) is 1.64. The van der Waals surface area contributed by atoms with Gasteiger partial charge in [-0.3, -0.25) is 4.79 Å². The van der Waals surface area contributed by atoms with E-state index in [-0.39, 0.29) is 5.91 Å². The highest BCUT2D eigenvalue weighted by Gasteiger charge is 2.04. The van der Waals surface area contributed by atoms with Crippen molar-refractivity contribution < 1.29 is 14.7 Å². The van der Waals surface area contributed by atoms with Gasteiger partial charge in [0, 0.05) is 18.7 Å². The Bertz CT molecular complexity index is 401. The third-order valence-corrected chi connectivity index (χ3v) is 2.54.